The molecule has 0 bridgehead atoms. The largest absolute Gasteiger partial charge is 0.459 e. The number of sulfonamides is 1. The summed E-state index contributed by atoms with van der Waals surface area (Å²) < 4.78 is 35.3. The van der Waals surface area contributed by atoms with E-state index >= 15 is 0 Å². The predicted octanol–water partition coefficient (Wildman–Crippen LogP) is 5.77. The number of nitrogens with one attached hydrogen (secondary N) is 1. The Hall–Kier alpha value is -2.79. The fourth-order valence-electron chi connectivity index (χ4n) is 4.39. The first-order valence-corrected chi connectivity index (χ1v) is 13.8. The van der Waals surface area contributed by atoms with E-state index < -0.39 is 38.0 Å². The van der Waals surface area contributed by atoms with Crippen LogP contribution in [0.2, 0.25) is 5.02 Å². The molecule has 11 heteroatoms. The third-order valence-corrected chi connectivity index (χ3v) is 9.40. The number of thiophene rings is 1. The van der Waals surface area contributed by atoms with Crippen LogP contribution in [0.1, 0.15) is 39.2 Å². The van der Waals surface area contributed by atoms with Gasteiger partial charge in [-0.3, -0.25) is 10.1 Å². The Morgan fingerprint density at radius 3 is 2.42 bits per heavy atom. The van der Waals surface area contributed by atoms with E-state index in [1.54, 1.807) is 27.7 Å². The van der Waals surface area contributed by atoms with Crippen LogP contribution in [0.3, 0.4) is 0 Å². The molecule has 1 heterocycles. The molecule has 36 heavy (non-hydrogen) atoms. The Bertz CT molecular complexity index is 1430. The lowest BCUT2D eigenvalue weighted by atomic mass is 10.1. The highest BCUT2D eigenvalue weighted by Crippen LogP contribution is 2.59. The minimum Gasteiger partial charge on any atom is -0.459 e. The smallest absolute Gasteiger partial charge is 0.328 e. The molecule has 1 aliphatic carbocycles. The van der Waals surface area contributed by atoms with Gasteiger partial charge in [-0.05, 0) is 56.5 Å². The second-order valence-electron chi connectivity index (χ2n) is 9.69. The van der Waals surface area contributed by atoms with Crippen molar-refractivity contribution in [1.29, 1.82) is 0 Å². The zero-order chi connectivity index (χ0) is 26.5. The first-order chi connectivity index (χ1) is 16.8. The molecule has 1 fully saturated rings. The molecule has 0 unspecified atom stereocenters. The van der Waals surface area contributed by atoms with Crippen molar-refractivity contribution in [3.63, 3.8) is 0 Å². The quantitative estimate of drug-likeness (QED) is 0.228. The number of nitro groups is 1. The molecule has 2 aromatic carbocycles. The van der Waals surface area contributed by atoms with Crippen LogP contribution in [0.5, 0.6) is 0 Å². The van der Waals surface area contributed by atoms with Crippen LogP contribution in [0.4, 0.5) is 5.69 Å². The first kappa shape index (κ1) is 26.3. The Kier molecular flexibility index (Phi) is 6.76. The highest BCUT2D eigenvalue weighted by Gasteiger charge is 2.71. The van der Waals surface area contributed by atoms with Gasteiger partial charge in [-0.2, -0.15) is 4.72 Å². The number of nitrogens with zero attached hydrogens (tertiary/aromatic N) is 1. The fraction of sp³-hybridized carbons (Fsp3) is 0.320. The lowest BCUT2D eigenvalue weighted by molar-refractivity contribution is -0.384. The standard InChI is InChI=1S/C25H25ClN2O6S2/c1-15-22(16-8-6-5-7-9-16)25(15,23(29)34-24(2,3)4)27-36(32,33)21-13-12-20(35-21)18-11-10-17(26)14-19(18)28(30)31/h5-15,22,27H,1-4H3/t15-,22-,25+/m1/s1. The minimum atomic E-state index is -4.19. The lowest BCUT2D eigenvalue weighted by Crippen LogP contribution is -2.48. The summed E-state index contributed by atoms with van der Waals surface area (Å²) >= 11 is 6.78. The van der Waals surface area contributed by atoms with Gasteiger partial charge in [0.1, 0.15) is 15.3 Å². The Labute approximate surface area is 218 Å². The van der Waals surface area contributed by atoms with Crippen molar-refractivity contribution in [3.05, 3.63) is 81.4 Å². The molecule has 1 saturated carbocycles. The van der Waals surface area contributed by atoms with Gasteiger partial charge in [0.05, 0.1) is 10.5 Å². The zero-order valence-electron chi connectivity index (χ0n) is 20.0. The van der Waals surface area contributed by atoms with Gasteiger partial charge < -0.3 is 4.74 Å². The molecule has 0 amide bonds. The van der Waals surface area contributed by atoms with Crippen LogP contribution < -0.4 is 4.72 Å². The molecule has 0 aliphatic heterocycles. The number of halogens is 1. The van der Waals surface area contributed by atoms with E-state index in [1.807, 2.05) is 30.3 Å². The third kappa shape index (κ3) is 4.90. The van der Waals surface area contributed by atoms with Gasteiger partial charge in [-0.25, -0.2) is 13.2 Å². The molecule has 3 aromatic rings. The van der Waals surface area contributed by atoms with Gasteiger partial charge >= 0.3 is 5.97 Å². The van der Waals surface area contributed by atoms with Crippen LogP contribution in [0.25, 0.3) is 10.4 Å². The SMILES string of the molecule is C[C@@H]1[C@H](c2ccccc2)[C@]1(NS(=O)(=O)c1ccc(-c2ccc(Cl)cc2[N+](=O)[O-])s1)C(=O)OC(C)(C)C. The van der Waals surface area contributed by atoms with E-state index in [4.69, 9.17) is 16.3 Å². The van der Waals surface area contributed by atoms with Gasteiger partial charge in [-0.15, -0.1) is 11.3 Å². The molecular weight excluding hydrogens is 524 g/mol. The summed E-state index contributed by atoms with van der Waals surface area (Å²) in [5.74, 6) is -1.42. The average Bonchev–Trinajstić information content (AvgIpc) is 3.13. The molecule has 0 spiro atoms. The Morgan fingerprint density at radius 1 is 1.14 bits per heavy atom. The first-order valence-electron chi connectivity index (χ1n) is 11.1. The highest BCUT2D eigenvalue weighted by atomic mass is 35.5. The van der Waals surface area contributed by atoms with E-state index in [2.05, 4.69) is 4.72 Å². The summed E-state index contributed by atoms with van der Waals surface area (Å²) in [5.41, 5.74) is -1.46. The van der Waals surface area contributed by atoms with Crippen LogP contribution in [-0.2, 0) is 19.6 Å². The summed E-state index contributed by atoms with van der Waals surface area (Å²) in [6.07, 6.45) is 0. The van der Waals surface area contributed by atoms with Crippen molar-refractivity contribution in [2.45, 2.75) is 49.0 Å². The van der Waals surface area contributed by atoms with E-state index in [0.29, 0.717) is 4.88 Å². The number of benzene rings is 2. The Morgan fingerprint density at radius 2 is 1.81 bits per heavy atom. The van der Waals surface area contributed by atoms with Gasteiger partial charge in [0, 0.05) is 21.9 Å². The van der Waals surface area contributed by atoms with Crippen LogP contribution in [-0.4, -0.2) is 30.5 Å². The van der Waals surface area contributed by atoms with Crippen LogP contribution in [0, 0.1) is 16.0 Å². The maximum Gasteiger partial charge on any atom is 0.328 e. The maximum atomic E-state index is 13.5. The number of carbonyl (C=O) groups is 1. The second-order valence-corrected chi connectivity index (χ2v) is 13.1. The van der Waals surface area contributed by atoms with Gasteiger partial charge in [0.15, 0.2) is 0 Å². The molecular formula is C25H25ClN2O6S2. The number of esters is 1. The average molecular weight is 549 g/mol. The fourth-order valence-corrected chi connectivity index (χ4v) is 7.35. The van der Waals surface area contributed by atoms with E-state index in [9.17, 15) is 23.3 Å². The van der Waals surface area contributed by atoms with Crippen molar-refractivity contribution in [3.8, 4) is 10.4 Å². The molecule has 0 radical (unpaired) electrons. The molecule has 8 nitrogen and oxygen atoms in total. The number of nitro benzene ring substituents is 1. The van der Waals surface area contributed by atoms with Gasteiger partial charge in [-0.1, -0.05) is 48.9 Å². The molecule has 4 rings (SSSR count). The van der Waals surface area contributed by atoms with Crippen molar-refractivity contribution >= 4 is 44.6 Å². The molecule has 1 aromatic heterocycles. The number of hydrogen-bond donors (Lipinski definition) is 1. The van der Waals surface area contributed by atoms with Gasteiger partial charge in [0.25, 0.3) is 15.7 Å². The summed E-state index contributed by atoms with van der Waals surface area (Å²) in [5, 5.41) is 11.7. The summed E-state index contributed by atoms with van der Waals surface area (Å²) in [4.78, 5) is 24.7. The zero-order valence-corrected chi connectivity index (χ0v) is 22.4. The lowest BCUT2D eigenvalue weighted by Gasteiger charge is -2.25. The van der Waals surface area contributed by atoms with Gasteiger partial charge in [0.2, 0.25) is 0 Å². The third-order valence-electron chi connectivity index (χ3n) is 6.07. The number of ether oxygens (including phenoxy) is 1. The van der Waals surface area contributed by atoms with E-state index in [1.165, 1.54) is 30.3 Å². The van der Waals surface area contributed by atoms with Crippen LogP contribution in [0.15, 0.2) is 64.9 Å². The van der Waals surface area contributed by atoms with Crippen molar-refractivity contribution in [2.75, 3.05) is 0 Å². The van der Waals surface area contributed by atoms with E-state index in [0.717, 1.165) is 16.9 Å². The molecule has 1 N–H and O–H groups in total. The molecule has 0 saturated heterocycles. The number of rotatable bonds is 7. The molecule has 190 valence electrons. The van der Waals surface area contributed by atoms with Crippen molar-refractivity contribution in [2.24, 2.45) is 5.92 Å². The normalized spacial score (nSPS) is 21.7. The molecule has 3 atom stereocenters. The second kappa shape index (κ2) is 9.26. The maximum absolute atomic E-state index is 13.5. The van der Waals surface area contributed by atoms with Crippen LogP contribution >= 0.6 is 22.9 Å². The monoisotopic (exact) mass is 548 g/mol. The Balaban J connectivity index is 1.71. The number of carbonyl (C=O) groups excluding carboxylic acids is 1. The predicted molar refractivity (Wildman–Crippen MR) is 139 cm³/mol. The number of hydrogen-bond acceptors (Lipinski definition) is 7. The summed E-state index contributed by atoms with van der Waals surface area (Å²) in [6, 6.07) is 16.3. The van der Waals surface area contributed by atoms with E-state index in [-0.39, 0.29) is 26.4 Å². The summed E-state index contributed by atoms with van der Waals surface area (Å²) in [7, 11) is -4.19. The topological polar surface area (TPSA) is 116 Å². The van der Waals surface area contributed by atoms with Crippen molar-refractivity contribution < 1.29 is 22.9 Å². The highest BCUT2D eigenvalue weighted by molar-refractivity contribution is 7.91. The summed E-state index contributed by atoms with van der Waals surface area (Å²) in [6.45, 7) is 6.98. The molecule has 1 aliphatic rings. The van der Waals surface area contributed by atoms with Crippen molar-refractivity contribution in [1.82, 2.24) is 4.72 Å². The minimum absolute atomic E-state index is 0.0735.